The second-order valence-electron chi connectivity index (χ2n) is 2.56. The smallest absolute Gasteiger partial charge is 0.128 e. The van der Waals surface area contributed by atoms with Gasteiger partial charge in [-0.15, -0.1) is 0 Å². The van der Waals surface area contributed by atoms with Crippen LogP contribution in [0, 0.1) is 0 Å². The van der Waals surface area contributed by atoms with Crippen LogP contribution in [0.2, 0.25) is 0 Å². The molecule has 2 rings (SSSR count). The third kappa shape index (κ3) is 1.29. The molecule has 1 heterocycles. The van der Waals surface area contributed by atoms with E-state index in [2.05, 4.69) is 17.1 Å². The zero-order valence-corrected chi connectivity index (χ0v) is 6.75. The molecule has 0 amide bonds. The molecule has 0 saturated heterocycles. The molecule has 1 unspecified atom stereocenters. The molecule has 1 aromatic carbocycles. The van der Waals surface area contributed by atoms with Crippen molar-refractivity contribution in [1.29, 1.82) is 0 Å². The fourth-order valence-corrected chi connectivity index (χ4v) is 1.40. The lowest BCUT2D eigenvalue weighted by molar-refractivity contribution is 0.885. The molecule has 0 aromatic heterocycles. The Morgan fingerprint density at radius 2 is 2.18 bits per heavy atom. The summed E-state index contributed by atoms with van der Waals surface area (Å²) in [6.45, 7) is 0. The number of benzene rings is 1. The van der Waals surface area contributed by atoms with Gasteiger partial charge in [0.2, 0.25) is 0 Å². The summed E-state index contributed by atoms with van der Waals surface area (Å²) in [7, 11) is 0. The quantitative estimate of drug-likeness (QED) is 0.403. The van der Waals surface area contributed by atoms with Crippen molar-refractivity contribution in [3.63, 3.8) is 0 Å². The second kappa shape index (κ2) is 2.67. The van der Waals surface area contributed by atoms with Gasteiger partial charge in [-0.2, -0.15) is 0 Å². The zero-order chi connectivity index (χ0) is 7.68. The van der Waals surface area contributed by atoms with Crippen LogP contribution in [-0.2, 0) is 0 Å². The van der Waals surface area contributed by atoms with Crippen molar-refractivity contribution in [1.82, 2.24) is 0 Å². The summed E-state index contributed by atoms with van der Waals surface area (Å²) in [4.78, 5) is 4.28. The Labute approximate surface area is 70.0 Å². The molecule has 1 atom stereocenters. The Hall–Kier alpha value is -0.820. The number of halogens is 1. The summed E-state index contributed by atoms with van der Waals surface area (Å²) in [6, 6.07) is 8.03. The summed E-state index contributed by atoms with van der Waals surface area (Å²) in [5.74, 6) is 0. The van der Waals surface area contributed by atoms with Crippen molar-refractivity contribution in [3.05, 3.63) is 34.8 Å². The second-order valence-corrected chi connectivity index (χ2v) is 3.07. The summed E-state index contributed by atoms with van der Waals surface area (Å²) in [6.07, 6.45) is 2.97. The molecule has 56 valence electrons. The highest BCUT2D eigenvalue weighted by molar-refractivity contribution is 6.20. The third-order valence-corrected chi connectivity index (χ3v) is 2.02. The standard InChI is InChI=1S/C9H8ClN/c10-9-6-5-7-3-1-2-4-8(7)11-9/h1-5,9H,6H2. The minimum atomic E-state index is -0.0649. The lowest BCUT2D eigenvalue weighted by Gasteiger charge is -2.04. The minimum absolute atomic E-state index is 0.0649. The molecule has 1 aliphatic heterocycles. The molecule has 0 N–H and O–H groups in total. The molecule has 1 aliphatic rings. The summed E-state index contributed by atoms with van der Waals surface area (Å²) >= 11 is 5.85. The van der Waals surface area contributed by atoms with Crippen molar-refractivity contribution in [2.24, 2.45) is 4.99 Å². The van der Waals surface area contributed by atoms with Crippen molar-refractivity contribution in [2.75, 3.05) is 0 Å². The van der Waals surface area contributed by atoms with Crippen LogP contribution in [0.15, 0.2) is 29.3 Å². The van der Waals surface area contributed by atoms with E-state index in [1.165, 1.54) is 5.22 Å². The molecule has 0 radical (unpaired) electrons. The van der Waals surface area contributed by atoms with Gasteiger partial charge in [-0.05, 0) is 11.3 Å². The molecule has 0 saturated carbocycles. The normalized spacial score (nSPS) is 21.4. The first-order valence-corrected chi connectivity index (χ1v) is 4.07. The van der Waals surface area contributed by atoms with Gasteiger partial charge in [0, 0.05) is 6.42 Å². The molecule has 11 heavy (non-hydrogen) atoms. The number of fused-ring (bicyclic) bond motifs is 1. The van der Waals surface area contributed by atoms with E-state index in [4.69, 9.17) is 11.6 Å². The highest BCUT2D eigenvalue weighted by Crippen LogP contribution is 2.04. The number of hydrogen-bond donors (Lipinski definition) is 0. The van der Waals surface area contributed by atoms with E-state index in [1.54, 1.807) is 0 Å². The Morgan fingerprint density at radius 3 is 3.09 bits per heavy atom. The maximum absolute atomic E-state index is 5.85. The van der Waals surface area contributed by atoms with E-state index in [0.717, 1.165) is 11.8 Å². The summed E-state index contributed by atoms with van der Waals surface area (Å²) < 4.78 is 0. The van der Waals surface area contributed by atoms with E-state index in [-0.39, 0.29) is 5.50 Å². The van der Waals surface area contributed by atoms with Gasteiger partial charge in [0.1, 0.15) is 5.50 Å². The van der Waals surface area contributed by atoms with Crippen LogP contribution in [-0.4, -0.2) is 5.50 Å². The zero-order valence-electron chi connectivity index (χ0n) is 6.00. The monoisotopic (exact) mass is 165 g/mol. The fourth-order valence-electron chi connectivity index (χ4n) is 1.21. The third-order valence-electron chi connectivity index (χ3n) is 1.75. The first kappa shape index (κ1) is 6.86. The van der Waals surface area contributed by atoms with Gasteiger partial charge in [0.05, 0.1) is 5.36 Å². The van der Waals surface area contributed by atoms with Gasteiger partial charge in [0.15, 0.2) is 0 Å². The van der Waals surface area contributed by atoms with Crippen molar-refractivity contribution >= 4 is 17.7 Å². The average molecular weight is 166 g/mol. The largest absolute Gasteiger partial charge is 0.265 e. The van der Waals surface area contributed by atoms with Crippen LogP contribution in [0.25, 0.3) is 6.08 Å². The topological polar surface area (TPSA) is 12.4 Å². The lowest BCUT2D eigenvalue weighted by atomic mass is 10.2. The van der Waals surface area contributed by atoms with Crippen molar-refractivity contribution < 1.29 is 0 Å². The molecule has 1 nitrogen and oxygen atoms in total. The molecule has 0 bridgehead atoms. The van der Waals surface area contributed by atoms with Crippen LogP contribution < -0.4 is 10.6 Å². The van der Waals surface area contributed by atoms with E-state index in [0.29, 0.717) is 0 Å². The Morgan fingerprint density at radius 1 is 1.36 bits per heavy atom. The predicted octanol–water partition coefficient (Wildman–Crippen LogP) is 1.06. The van der Waals surface area contributed by atoms with Crippen LogP contribution in [0.5, 0.6) is 0 Å². The van der Waals surface area contributed by atoms with Gasteiger partial charge in [-0.25, -0.2) is 0 Å². The number of para-hydroxylation sites is 1. The Bertz CT molecular complexity index is 369. The summed E-state index contributed by atoms with van der Waals surface area (Å²) in [5.41, 5.74) is -0.0649. The minimum Gasteiger partial charge on any atom is -0.265 e. The number of nitrogens with zero attached hydrogens (tertiary/aromatic N) is 1. The van der Waals surface area contributed by atoms with Gasteiger partial charge in [0.25, 0.3) is 0 Å². The van der Waals surface area contributed by atoms with E-state index in [1.807, 2.05) is 18.2 Å². The van der Waals surface area contributed by atoms with Crippen LogP contribution in [0.4, 0.5) is 0 Å². The highest BCUT2D eigenvalue weighted by Gasteiger charge is 2.02. The van der Waals surface area contributed by atoms with Gasteiger partial charge in [-0.1, -0.05) is 35.9 Å². The average Bonchev–Trinajstić information content (AvgIpc) is 2.04. The molecule has 0 fully saturated rings. The van der Waals surface area contributed by atoms with Gasteiger partial charge < -0.3 is 0 Å². The summed E-state index contributed by atoms with van der Waals surface area (Å²) in [5, 5.41) is 2.21. The fraction of sp³-hybridized carbons (Fsp3) is 0.222. The molecular weight excluding hydrogens is 158 g/mol. The molecule has 0 spiro atoms. The Balaban J connectivity index is 2.73. The Kier molecular flexibility index (Phi) is 1.66. The van der Waals surface area contributed by atoms with Crippen molar-refractivity contribution in [3.8, 4) is 0 Å². The van der Waals surface area contributed by atoms with Crippen LogP contribution >= 0.6 is 11.6 Å². The molecular formula is C9H8ClN. The van der Waals surface area contributed by atoms with Gasteiger partial charge in [-0.3, -0.25) is 4.99 Å². The maximum atomic E-state index is 5.85. The molecule has 0 aliphatic carbocycles. The first-order valence-electron chi connectivity index (χ1n) is 3.63. The number of rotatable bonds is 0. The lowest BCUT2D eigenvalue weighted by Crippen LogP contribution is -2.28. The number of alkyl halides is 1. The number of hydrogen-bond acceptors (Lipinski definition) is 1. The van der Waals surface area contributed by atoms with Crippen LogP contribution in [0.3, 0.4) is 0 Å². The van der Waals surface area contributed by atoms with Gasteiger partial charge >= 0.3 is 0 Å². The molecule has 1 aromatic rings. The SMILES string of the molecule is ClC1CC=c2ccccc2=N1. The van der Waals surface area contributed by atoms with Crippen LogP contribution in [0.1, 0.15) is 6.42 Å². The van der Waals surface area contributed by atoms with E-state index >= 15 is 0 Å². The molecule has 2 heteroatoms. The predicted molar refractivity (Wildman–Crippen MR) is 45.9 cm³/mol. The highest BCUT2D eigenvalue weighted by atomic mass is 35.5. The van der Waals surface area contributed by atoms with Crippen molar-refractivity contribution in [2.45, 2.75) is 11.9 Å². The maximum Gasteiger partial charge on any atom is 0.128 e. The van der Waals surface area contributed by atoms with E-state index in [9.17, 15) is 0 Å². The first-order chi connectivity index (χ1) is 5.36. The van der Waals surface area contributed by atoms with E-state index < -0.39 is 0 Å².